The molecule has 0 amide bonds. The molecule has 0 aromatic heterocycles. The predicted molar refractivity (Wildman–Crippen MR) is 125 cm³/mol. The minimum absolute atomic E-state index is 0.325. The van der Waals surface area contributed by atoms with Crippen molar-refractivity contribution in [3.63, 3.8) is 0 Å². The molecule has 1 aromatic carbocycles. The van der Waals surface area contributed by atoms with Gasteiger partial charge in [0, 0.05) is 42.1 Å². The number of anilines is 1. The van der Waals surface area contributed by atoms with Crippen LogP contribution in [0.25, 0.3) is 5.57 Å². The molecule has 0 atom stereocenters. The number of benzene rings is 1. The van der Waals surface area contributed by atoms with Crippen molar-refractivity contribution in [1.29, 1.82) is 0 Å². The highest BCUT2D eigenvalue weighted by Gasteiger charge is 2.18. The molecule has 0 spiro atoms. The number of hydrogen-bond donors (Lipinski definition) is 0. The van der Waals surface area contributed by atoms with E-state index < -0.39 is 0 Å². The van der Waals surface area contributed by atoms with Crippen LogP contribution in [0.4, 0.5) is 5.69 Å². The Bertz CT molecular complexity index is 1020. The van der Waals surface area contributed by atoms with Gasteiger partial charge in [-0.05, 0) is 83.0 Å². The molecule has 2 heterocycles. The van der Waals surface area contributed by atoms with Crippen molar-refractivity contribution in [3.8, 4) is 5.75 Å². The van der Waals surface area contributed by atoms with Crippen molar-refractivity contribution in [1.82, 2.24) is 0 Å². The van der Waals surface area contributed by atoms with Crippen molar-refractivity contribution in [3.05, 3.63) is 76.5 Å². The zero-order chi connectivity index (χ0) is 22.5. The highest BCUT2D eigenvalue weighted by molar-refractivity contribution is 5.90. The lowest BCUT2D eigenvalue weighted by Crippen LogP contribution is -2.21. The minimum Gasteiger partial charge on any atom is -0.463 e. The fourth-order valence-electron chi connectivity index (χ4n) is 3.67. The van der Waals surface area contributed by atoms with Crippen molar-refractivity contribution in [2.24, 2.45) is 0 Å². The Balaban J connectivity index is 1.93. The average molecular weight is 422 g/mol. The largest absolute Gasteiger partial charge is 0.463 e. The monoisotopic (exact) mass is 421 g/mol. The fourth-order valence-corrected chi connectivity index (χ4v) is 3.67. The molecule has 2 aliphatic rings. The SMILES string of the molecule is CCOC(=O)/C(C)=C1/C=C(C)OC(/C=C2\C=C(C)c3ccc(N(CC)CC)cc3O2)=C1. The van der Waals surface area contributed by atoms with E-state index in [1.54, 1.807) is 13.8 Å². The van der Waals surface area contributed by atoms with Gasteiger partial charge in [0.05, 0.1) is 6.61 Å². The van der Waals surface area contributed by atoms with Gasteiger partial charge in [0.15, 0.2) is 0 Å². The number of nitrogens with zero attached hydrogens (tertiary/aromatic N) is 1. The normalized spacial score (nSPS) is 18.1. The smallest absolute Gasteiger partial charge is 0.334 e. The molecule has 0 saturated heterocycles. The molecule has 0 fully saturated rings. The molecule has 0 radical (unpaired) electrons. The second kappa shape index (κ2) is 9.73. The van der Waals surface area contributed by atoms with Crippen molar-refractivity contribution in [2.45, 2.75) is 41.5 Å². The molecule has 0 unspecified atom stereocenters. The quantitative estimate of drug-likeness (QED) is 0.422. The van der Waals surface area contributed by atoms with Crippen LogP contribution in [0.1, 0.15) is 47.1 Å². The molecule has 0 aliphatic carbocycles. The Hall–Kier alpha value is -3.21. The van der Waals surface area contributed by atoms with Crippen molar-refractivity contribution in [2.75, 3.05) is 24.6 Å². The molecule has 164 valence electrons. The van der Waals surface area contributed by atoms with E-state index >= 15 is 0 Å². The van der Waals surface area contributed by atoms with Crippen LogP contribution in [0, 0.1) is 0 Å². The maximum Gasteiger partial charge on any atom is 0.334 e. The van der Waals surface area contributed by atoms with Gasteiger partial charge in [0.25, 0.3) is 0 Å². The summed E-state index contributed by atoms with van der Waals surface area (Å²) in [5.74, 6) is 2.51. The van der Waals surface area contributed by atoms with E-state index in [0.717, 1.165) is 41.2 Å². The van der Waals surface area contributed by atoms with Gasteiger partial charge in [-0.2, -0.15) is 0 Å². The van der Waals surface area contributed by atoms with Gasteiger partial charge in [0.1, 0.15) is 23.0 Å². The molecule has 0 N–H and O–H groups in total. The van der Waals surface area contributed by atoms with Crippen LogP contribution >= 0.6 is 0 Å². The number of hydrogen-bond acceptors (Lipinski definition) is 5. The maximum atomic E-state index is 12.1. The summed E-state index contributed by atoms with van der Waals surface area (Å²) in [7, 11) is 0. The first-order valence-electron chi connectivity index (χ1n) is 10.8. The summed E-state index contributed by atoms with van der Waals surface area (Å²) in [5.41, 5.74) is 4.67. The van der Waals surface area contributed by atoms with Crippen molar-refractivity contribution >= 4 is 17.2 Å². The summed E-state index contributed by atoms with van der Waals surface area (Å²) in [6.07, 6.45) is 7.52. The van der Waals surface area contributed by atoms with E-state index in [9.17, 15) is 4.79 Å². The molecule has 31 heavy (non-hydrogen) atoms. The molecule has 0 bridgehead atoms. The summed E-state index contributed by atoms with van der Waals surface area (Å²) in [6.45, 7) is 14.0. The highest BCUT2D eigenvalue weighted by Crippen LogP contribution is 2.37. The third-order valence-electron chi connectivity index (χ3n) is 5.34. The van der Waals surface area contributed by atoms with Gasteiger partial charge < -0.3 is 19.1 Å². The van der Waals surface area contributed by atoms with Gasteiger partial charge >= 0.3 is 5.97 Å². The molecule has 5 nitrogen and oxygen atoms in total. The van der Waals surface area contributed by atoms with Gasteiger partial charge in [0.2, 0.25) is 0 Å². The summed E-state index contributed by atoms with van der Waals surface area (Å²) in [4.78, 5) is 14.4. The lowest BCUT2D eigenvalue weighted by molar-refractivity contribution is -0.138. The Morgan fingerprint density at radius 1 is 1.06 bits per heavy atom. The van der Waals surface area contributed by atoms with Crippen LogP contribution in [0.15, 0.2) is 70.9 Å². The molecular weight excluding hydrogens is 390 g/mol. The zero-order valence-corrected chi connectivity index (χ0v) is 19.2. The third-order valence-corrected chi connectivity index (χ3v) is 5.34. The summed E-state index contributed by atoms with van der Waals surface area (Å²) >= 11 is 0. The van der Waals surface area contributed by atoms with Gasteiger partial charge in [-0.25, -0.2) is 4.79 Å². The van der Waals surface area contributed by atoms with E-state index in [4.69, 9.17) is 14.2 Å². The lowest BCUT2D eigenvalue weighted by atomic mass is 10.0. The Morgan fingerprint density at radius 2 is 1.81 bits per heavy atom. The number of esters is 1. The van der Waals surface area contributed by atoms with E-state index in [-0.39, 0.29) is 5.97 Å². The average Bonchev–Trinajstić information content (AvgIpc) is 2.73. The van der Waals surface area contributed by atoms with E-state index in [1.165, 1.54) is 0 Å². The van der Waals surface area contributed by atoms with Gasteiger partial charge in [-0.15, -0.1) is 0 Å². The topological polar surface area (TPSA) is 48.0 Å². The number of rotatable bonds is 6. The van der Waals surface area contributed by atoms with E-state index in [0.29, 0.717) is 29.5 Å². The third kappa shape index (κ3) is 5.10. The van der Waals surface area contributed by atoms with Crippen LogP contribution in [-0.4, -0.2) is 25.7 Å². The summed E-state index contributed by atoms with van der Waals surface area (Å²) in [6, 6.07) is 6.33. The second-order valence-corrected chi connectivity index (χ2v) is 7.53. The number of carbonyl (C=O) groups is 1. The van der Waals surface area contributed by atoms with Crippen LogP contribution in [0.2, 0.25) is 0 Å². The lowest BCUT2D eigenvalue weighted by Gasteiger charge is -2.25. The first kappa shape index (κ1) is 22.5. The van der Waals surface area contributed by atoms with E-state index in [2.05, 4.69) is 43.9 Å². The standard InChI is InChI=1S/C26H31NO4/c1-7-27(8-2)21-10-11-24-17(4)12-22(31-25(24)15-21)16-23-14-20(13-18(5)30-23)19(6)26(28)29-9-3/h10-16H,7-9H2,1-6H3/b20-19-,22-16+. The molecule has 2 aliphatic heterocycles. The van der Waals surface area contributed by atoms with Gasteiger partial charge in [-0.3, -0.25) is 0 Å². The number of allylic oxidation sites excluding steroid dienone is 7. The summed E-state index contributed by atoms with van der Waals surface area (Å²) < 4.78 is 17.2. The second-order valence-electron chi connectivity index (χ2n) is 7.53. The van der Waals surface area contributed by atoms with Crippen LogP contribution in [0.3, 0.4) is 0 Å². The van der Waals surface area contributed by atoms with E-state index in [1.807, 2.05) is 31.2 Å². The number of carbonyl (C=O) groups excluding carboxylic acids is 1. The van der Waals surface area contributed by atoms with Crippen molar-refractivity contribution < 1.29 is 19.0 Å². The first-order valence-corrected chi connectivity index (χ1v) is 10.8. The highest BCUT2D eigenvalue weighted by atomic mass is 16.5. The molecule has 1 aromatic rings. The number of fused-ring (bicyclic) bond motifs is 1. The fraction of sp³-hybridized carbons (Fsp3) is 0.346. The van der Waals surface area contributed by atoms with Crippen LogP contribution < -0.4 is 9.64 Å². The molecule has 5 heteroatoms. The molecule has 0 saturated carbocycles. The summed E-state index contributed by atoms with van der Waals surface area (Å²) in [5, 5.41) is 0. The van der Waals surface area contributed by atoms with Crippen LogP contribution in [0.5, 0.6) is 5.75 Å². The first-order chi connectivity index (χ1) is 14.9. The molecular formula is C26H31NO4. The van der Waals surface area contributed by atoms with Gasteiger partial charge in [-0.1, -0.05) is 0 Å². The Labute approximate surface area is 185 Å². The molecule has 3 rings (SSSR count). The zero-order valence-electron chi connectivity index (χ0n) is 19.2. The number of ether oxygens (including phenoxy) is 3. The minimum atomic E-state index is -0.325. The Morgan fingerprint density at radius 3 is 2.48 bits per heavy atom. The predicted octanol–water partition coefficient (Wildman–Crippen LogP) is 5.91. The maximum absolute atomic E-state index is 12.1. The Kier molecular flexibility index (Phi) is 7.06. The van der Waals surface area contributed by atoms with Crippen LogP contribution in [-0.2, 0) is 14.3 Å².